The number of nitrogens with zero attached hydrogens (tertiary/aromatic N) is 1. The lowest BCUT2D eigenvalue weighted by Crippen LogP contribution is -2.21. The molecule has 3 heteroatoms. The van der Waals surface area contributed by atoms with Crippen LogP contribution in [0.15, 0.2) is 48.5 Å². The van der Waals surface area contributed by atoms with Gasteiger partial charge in [-0.05, 0) is 49.2 Å². The van der Waals surface area contributed by atoms with Crippen molar-refractivity contribution in [1.29, 1.82) is 0 Å². The lowest BCUT2D eigenvalue weighted by atomic mass is 10.2. The number of anilines is 2. The second-order valence-corrected chi connectivity index (χ2v) is 4.98. The molecule has 0 amide bonds. The molecule has 20 heavy (non-hydrogen) atoms. The van der Waals surface area contributed by atoms with Crippen LogP contribution in [-0.4, -0.2) is 20.2 Å². The number of ether oxygens (including phenoxy) is 1. The van der Waals surface area contributed by atoms with Gasteiger partial charge < -0.3 is 15.4 Å². The SMILES string of the molecule is Cc1ccccc1N(C)CCCOc1ccc(N)cc1. The summed E-state index contributed by atoms with van der Waals surface area (Å²) >= 11 is 0. The second-order valence-electron chi connectivity index (χ2n) is 4.98. The van der Waals surface area contributed by atoms with Gasteiger partial charge in [0.15, 0.2) is 0 Å². The Hall–Kier alpha value is -2.16. The van der Waals surface area contributed by atoms with E-state index in [1.165, 1.54) is 11.3 Å². The Morgan fingerprint density at radius 1 is 1.05 bits per heavy atom. The van der Waals surface area contributed by atoms with Crippen LogP contribution in [0.4, 0.5) is 11.4 Å². The van der Waals surface area contributed by atoms with Crippen molar-refractivity contribution in [3.05, 3.63) is 54.1 Å². The van der Waals surface area contributed by atoms with Crippen molar-refractivity contribution in [1.82, 2.24) is 0 Å². The molecule has 2 aromatic rings. The van der Waals surface area contributed by atoms with Crippen molar-refractivity contribution in [3.63, 3.8) is 0 Å². The molecule has 0 radical (unpaired) electrons. The number of hydrogen-bond donors (Lipinski definition) is 1. The molecule has 0 aliphatic rings. The smallest absolute Gasteiger partial charge is 0.119 e. The lowest BCUT2D eigenvalue weighted by molar-refractivity contribution is 0.312. The molecule has 0 atom stereocenters. The fourth-order valence-corrected chi connectivity index (χ4v) is 2.17. The Balaban J connectivity index is 1.76. The molecule has 3 nitrogen and oxygen atoms in total. The molecule has 0 aliphatic heterocycles. The standard InChI is InChI=1S/C17H22N2O/c1-14-6-3-4-7-17(14)19(2)12-5-13-20-16-10-8-15(18)9-11-16/h3-4,6-11H,5,12-13,18H2,1-2H3. The van der Waals surface area contributed by atoms with E-state index < -0.39 is 0 Å². The van der Waals surface area contributed by atoms with Crippen molar-refractivity contribution in [2.24, 2.45) is 0 Å². The van der Waals surface area contributed by atoms with E-state index in [4.69, 9.17) is 10.5 Å². The summed E-state index contributed by atoms with van der Waals surface area (Å²) in [7, 11) is 2.12. The zero-order valence-corrected chi connectivity index (χ0v) is 12.2. The molecule has 2 aromatic carbocycles. The van der Waals surface area contributed by atoms with Crippen LogP contribution in [0.3, 0.4) is 0 Å². The summed E-state index contributed by atoms with van der Waals surface area (Å²) in [5, 5.41) is 0. The average Bonchev–Trinajstić information content (AvgIpc) is 2.46. The minimum Gasteiger partial charge on any atom is -0.494 e. The summed E-state index contributed by atoms with van der Waals surface area (Å²) < 4.78 is 5.70. The third kappa shape index (κ3) is 3.92. The van der Waals surface area contributed by atoms with Crippen LogP contribution in [0, 0.1) is 6.92 Å². The first-order chi connectivity index (χ1) is 9.66. The number of benzene rings is 2. The highest BCUT2D eigenvalue weighted by Crippen LogP contribution is 2.18. The highest BCUT2D eigenvalue weighted by Gasteiger charge is 2.03. The summed E-state index contributed by atoms with van der Waals surface area (Å²) in [6.07, 6.45) is 0.981. The first kappa shape index (κ1) is 14.3. The molecule has 0 saturated heterocycles. The normalized spacial score (nSPS) is 10.3. The topological polar surface area (TPSA) is 38.5 Å². The first-order valence-corrected chi connectivity index (χ1v) is 6.92. The zero-order chi connectivity index (χ0) is 14.4. The van der Waals surface area contributed by atoms with E-state index in [2.05, 4.69) is 43.1 Å². The van der Waals surface area contributed by atoms with Crippen molar-refractivity contribution in [2.45, 2.75) is 13.3 Å². The molecule has 0 heterocycles. The summed E-state index contributed by atoms with van der Waals surface area (Å²) in [5.41, 5.74) is 8.98. The van der Waals surface area contributed by atoms with E-state index in [-0.39, 0.29) is 0 Å². The van der Waals surface area contributed by atoms with Gasteiger partial charge >= 0.3 is 0 Å². The van der Waals surface area contributed by atoms with Crippen LogP contribution in [0.25, 0.3) is 0 Å². The molecule has 2 rings (SSSR count). The Bertz CT molecular complexity index is 537. The Morgan fingerprint density at radius 2 is 1.75 bits per heavy atom. The van der Waals surface area contributed by atoms with Crippen molar-refractivity contribution >= 4 is 11.4 Å². The van der Waals surface area contributed by atoms with Gasteiger partial charge in [-0.3, -0.25) is 0 Å². The molecule has 0 aromatic heterocycles. The summed E-state index contributed by atoms with van der Waals surface area (Å²) in [4.78, 5) is 2.27. The lowest BCUT2D eigenvalue weighted by Gasteiger charge is -2.21. The molecule has 0 spiro atoms. The van der Waals surface area contributed by atoms with E-state index in [0.717, 1.165) is 24.4 Å². The Labute approximate surface area is 121 Å². The monoisotopic (exact) mass is 270 g/mol. The van der Waals surface area contributed by atoms with E-state index in [1.807, 2.05) is 24.3 Å². The van der Waals surface area contributed by atoms with Crippen LogP contribution in [0.5, 0.6) is 5.75 Å². The molecule has 2 N–H and O–H groups in total. The maximum atomic E-state index is 5.70. The van der Waals surface area contributed by atoms with Crippen LogP contribution in [0.1, 0.15) is 12.0 Å². The van der Waals surface area contributed by atoms with Gasteiger partial charge in [0.1, 0.15) is 5.75 Å². The molecular formula is C17H22N2O. The van der Waals surface area contributed by atoms with E-state index in [0.29, 0.717) is 6.61 Å². The highest BCUT2D eigenvalue weighted by molar-refractivity contribution is 5.52. The van der Waals surface area contributed by atoms with Gasteiger partial charge in [0.2, 0.25) is 0 Å². The maximum Gasteiger partial charge on any atom is 0.119 e. The maximum absolute atomic E-state index is 5.70. The number of para-hydroxylation sites is 1. The van der Waals surface area contributed by atoms with Crippen LogP contribution >= 0.6 is 0 Å². The molecule has 0 unspecified atom stereocenters. The fourth-order valence-electron chi connectivity index (χ4n) is 2.17. The zero-order valence-electron chi connectivity index (χ0n) is 12.2. The molecule has 0 saturated carbocycles. The molecule has 0 aliphatic carbocycles. The van der Waals surface area contributed by atoms with Crippen LogP contribution < -0.4 is 15.4 Å². The number of nitrogen functional groups attached to an aromatic ring is 1. The van der Waals surface area contributed by atoms with Crippen molar-refractivity contribution in [2.75, 3.05) is 30.8 Å². The predicted octanol–water partition coefficient (Wildman–Crippen LogP) is 3.48. The summed E-state index contributed by atoms with van der Waals surface area (Å²) in [6.45, 7) is 3.82. The van der Waals surface area contributed by atoms with Crippen LogP contribution in [0.2, 0.25) is 0 Å². The largest absolute Gasteiger partial charge is 0.494 e. The van der Waals surface area contributed by atoms with E-state index in [9.17, 15) is 0 Å². The number of aryl methyl sites for hydroxylation is 1. The van der Waals surface area contributed by atoms with Crippen LogP contribution in [-0.2, 0) is 0 Å². The van der Waals surface area contributed by atoms with Gasteiger partial charge in [-0.2, -0.15) is 0 Å². The minimum absolute atomic E-state index is 0.708. The molecule has 0 bridgehead atoms. The molecular weight excluding hydrogens is 248 g/mol. The van der Waals surface area contributed by atoms with Gasteiger partial charge in [-0.1, -0.05) is 18.2 Å². The number of nitrogens with two attached hydrogens (primary N) is 1. The van der Waals surface area contributed by atoms with E-state index >= 15 is 0 Å². The number of rotatable bonds is 6. The first-order valence-electron chi connectivity index (χ1n) is 6.92. The third-order valence-corrected chi connectivity index (χ3v) is 3.31. The molecule has 106 valence electrons. The molecule has 0 fully saturated rings. The summed E-state index contributed by atoms with van der Waals surface area (Å²) in [5.74, 6) is 0.873. The van der Waals surface area contributed by atoms with Crippen molar-refractivity contribution < 1.29 is 4.74 Å². The van der Waals surface area contributed by atoms with Gasteiger partial charge in [-0.25, -0.2) is 0 Å². The summed E-state index contributed by atoms with van der Waals surface area (Å²) in [6, 6.07) is 15.9. The van der Waals surface area contributed by atoms with Crippen molar-refractivity contribution in [3.8, 4) is 5.75 Å². The average molecular weight is 270 g/mol. The second kappa shape index (κ2) is 6.85. The highest BCUT2D eigenvalue weighted by atomic mass is 16.5. The number of hydrogen-bond acceptors (Lipinski definition) is 3. The van der Waals surface area contributed by atoms with E-state index in [1.54, 1.807) is 0 Å². The Kier molecular flexibility index (Phi) is 4.88. The van der Waals surface area contributed by atoms with Gasteiger partial charge in [0.05, 0.1) is 6.61 Å². The van der Waals surface area contributed by atoms with Gasteiger partial charge in [0, 0.05) is 25.0 Å². The Morgan fingerprint density at radius 3 is 2.45 bits per heavy atom. The third-order valence-electron chi connectivity index (χ3n) is 3.31. The fraction of sp³-hybridized carbons (Fsp3) is 0.294. The van der Waals surface area contributed by atoms with Gasteiger partial charge in [-0.15, -0.1) is 0 Å². The minimum atomic E-state index is 0.708. The quantitative estimate of drug-likeness (QED) is 0.645. The predicted molar refractivity (Wildman–Crippen MR) is 85.4 cm³/mol. The van der Waals surface area contributed by atoms with Gasteiger partial charge in [0.25, 0.3) is 0 Å².